The van der Waals surface area contributed by atoms with Gasteiger partial charge in [0.25, 0.3) is 11.8 Å². The first-order chi connectivity index (χ1) is 13.2. The zero-order valence-corrected chi connectivity index (χ0v) is 15.7. The number of hydrogen-bond donors (Lipinski definition) is 3. The van der Waals surface area contributed by atoms with E-state index in [1.54, 1.807) is 26.0 Å². The van der Waals surface area contributed by atoms with E-state index in [2.05, 4.69) is 5.32 Å². The lowest BCUT2D eigenvalue weighted by atomic mass is 9.94. The molecule has 2 heterocycles. The first-order valence-corrected chi connectivity index (χ1v) is 9.11. The van der Waals surface area contributed by atoms with Crippen LogP contribution in [0, 0.1) is 0 Å². The minimum atomic E-state index is -0.953. The number of benzene rings is 2. The summed E-state index contributed by atoms with van der Waals surface area (Å²) in [5.41, 5.74) is 2.18. The average Bonchev–Trinajstić information content (AvgIpc) is 3.17. The molecule has 2 aromatic rings. The Bertz CT molecular complexity index is 999. The van der Waals surface area contributed by atoms with Crippen molar-refractivity contribution in [3.63, 3.8) is 0 Å². The molecule has 0 radical (unpaired) electrons. The zero-order chi connectivity index (χ0) is 20.1. The van der Waals surface area contributed by atoms with Crippen LogP contribution in [0.1, 0.15) is 30.5 Å². The SMILES string of the molecule is CC(C)(O)C1Cc2ccc(CC3=C(c4ccc(O)cc4)C(=O)NC3=O)cc2O1. The summed E-state index contributed by atoms with van der Waals surface area (Å²) in [6.07, 6.45) is 0.581. The van der Waals surface area contributed by atoms with Gasteiger partial charge in [0.05, 0.1) is 11.2 Å². The van der Waals surface area contributed by atoms with Crippen molar-refractivity contribution in [2.24, 2.45) is 0 Å². The van der Waals surface area contributed by atoms with Crippen molar-refractivity contribution in [1.82, 2.24) is 5.32 Å². The van der Waals surface area contributed by atoms with Crippen LogP contribution in [0.15, 0.2) is 48.0 Å². The third-order valence-electron chi connectivity index (χ3n) is 5.16. The quantitative estimate of drug-likeness (QED) is 0.707. The van der Waals surface area contributed by atoms with Crippen LogP contribution in [0.5, 0.6) is 11.5 Å². The molecule has 0 bridgehead atoms. The van der Waals surface area contributed by atoms with Crippen LogP contribution >= 0.6 is 0 Å². The predicted octanol–water partition coefficient (Wildman–Crippen LogP) is 2.12. The lowest BCUT2D eigenvalue weighted by Gasteiger charge is -2.24. The number of phenols is 1. The van der Waals surface area contributed by atoms with Crippen LogP contribution < -0.4 is 10.1 Å². The Morgan fingerprint density at radius 1 is 1.11 bits per heavy atom. The Hall–Kier alpha value is -3.12. The Morgan fingerprint density at radius 2 is 1.82 bits per heavy atom. The van der Waals surface area contributed by atoms with Crippen molar-refractivity contribution in [2.75, 3.05) is 0 Å². The number of carbonyl (C=O) groups excluding carboxylic acids is 2. The number of aliphatic hydroxyl groups is 1. The number of imide groups is 1. The maximum absolute atomic E-state index is 12.4. The zero-order valence-electron chi connectivity index (χ0n) is 15.7. The fourth-order valence-electron chi connectivity index (χ4n) is 3.57. The maximum Gasteiger partial charge on any atom is 0.259 e. The van der Waals surface area contributed by atoms with Gasteiger partial charge in [0.1, 0.15) is 17.6 Å². The third kappa shape index (κ3) is 3.27. The van der Waals surface area contributed by atoms with E-state index < -0.39 is 17.4 Å². The largest absolute Gasteiger partial charge is 0.508 e. The average molecular weight is 379 g/mol. The highest BCUT2D eigenvalue weighted by molar-refractivity contribution is 6.36. The number of amides is 2. The van der Waals surface area contributed by atoms with E-state index in [0.29, 0.717) is 28.9 Å². The fourth-order valence-corrected chi connectivity index (χ4v) is 3.57. The lowest BCUT2D eigenvalue weighted by molar-refractivity contribution is -0.123. The molecule has 1 atom stereocenters. The van der Waals surface area contributed by atoms with Gasteiger partial charge in [-0.1, -0.05) is 24.3 Å². The number of phenolic OH excluding ortho intramolecular Hbond substituents is 1. The summed E-state index contributed by atoms with van der Waals surface area (Å²) in [6, 6.07) is 11.9. The third-order valence-corrected chi connectivity index (χ3v) is 5.16. The molecule has 0 aromatic heterocycles. The molecule has 4 rings (SSSR count). The van der Waals surface area contributed by atoms with E-state index in [9.17, 15) is 19.8 Å². The van der Waals surface area contributed by atoms with Crippen molar-refractivity contribution < 1.29 is 24.5 Å². The summed E-state index contributed by atoms with van der Waals surface area (Å²) in [5, 5.41) is 22.0. The molecule has 2 aromatic carbocycles. The first kappa shape index (κ1) is 18.3. The van der Waals surface area contributed by atoms with Crippen LogP contribution in [0.3, 0.4) is 0 Å². The number of nitrogens with one attached hydrogen (secondary N) is 1. The Balaban J connectivity index is 1.66. The highest BCUT2D eigenvalue weighted by Gasteiger charge is 2.35. The van der Waals surface area contributed by atoms with Crippen LogP contribution in [-0.4, -0.2) is 33.7 Å². The number of rotatable bonds is 4. The number of aromatic hydroxyl groups is 1. The Kier molecular flexibility index (Phi) is 4.23. The van der Waals surface area contributed by atoms with Crippen molar-refractivity contribution in [1.29, 1.82) is 0 Å². The predicted molar refractivity (Wildman–Crippen MR) is 103 cm³/mol. The monoisotopic (exact) mass is 379 g/mol. The van der Waals surface area contributed by atoms with E-state index >= 15 is 0 Å². The summed E-state index contributed by atoms with van der Waals surface area (Å²) in [7, 11) is 0. The number of ether oxygens (including phenoxy) is 1. The molecule has 6 heteroatoms. The molecular formula is C22H21NO5. The van der Waals surface area contributed by atoms with E-state index in [4.69, 9.17) is 4.74 Å². The second-order valence-corrected chi connectivity index (χ2v) is 7.77. The summed E-state index contributed by atoms with van der Waals surface area (Å²) in [6.45, 7) is 3.43. The van der Waals surface area contributed by atoms with Gasteiger partial charge < -0.3 is 14.9 Å². The van der Waals surface area contributed by atoms with E-state index in [-0.39, 0.29) is 18.3 Å². The summed E-state index contributed by atoms with van der Waals surface area (Å²) in [4.78, 5) is 24.7. The number of fused-ring (bicyclic) bond motifs is 1. The molecule has 0 fully saturated rings. The van der Waals surface area contributed by atoms with Gasteiger partial charge in [0.15, 0.2) is 0 Å². The molecule has 0 aliphatic carbocycles. The highest BCUT2D eigenvalue weighted by atomic mass is 16.5. The number of hydrogen-bond acceptors (Lipinski definition) is 5. The molecule has 6 nitrogen and oxygen atoms in total. The topological polar surface area (TPSA) is 95.9 Å². The fraction of sp³-hybridized carbons (Fsp3) is 0.273. The van der Waals surface area contributed by atoms with Gasteiger partial charge in [-0.15, -0.1) is 0 Å². The minimum absolute atomic E-state index is 0.0905. The van der Waals surface area contributed by atoms with Gasteiger partial charge >= 0.3 is 0 Å². The van der Waals surface area contributed by atoms with Gasteiger partial charge in [-0.3, -0.25) is 14.9 Å². The molecule has 2 aliphatic rings. The Morgan fingerprint density at radius 3 is 2.50 bits per heavy atom. The van der Waals surface area contributed by atoms with Crippen molar-refractivity contribution in [2.45, 2.75) is 38.4 Å². The molecule has 144 valence electrons. The van der Waals surface area contributed by atoms with E-state index in [1.165, 1.54) is 12.1 Å². The van der Waals surface area contributed by atoms with Crippen LogP contribution in [0.2, 0.25) is 0 Å². The van der Waals surface area contributed by atoms with Gasteiger partial charge in [0.2, 0.25) is 0 Å². The second kappa shape index (κ2) is 6.49. The molecule has 3 N–H and O–H groups in total. The maximum atomic E-state index is 12.4. The first-order valence-electron chi connectivity index (χ1n) is 9.11. The minimum Gasteiger partial charge on any atom is -0.508 e. The molecule has 0 saturated carbocycles. The molecule has 2 amide bonds. The van der Waals surface area contributed by atoms with E-state index in [1.807, 2.05) is 18.2 Å². The van der Waals surface area contributed by atoms with Gasteiger partial charge in [-0.05, 0) is 48.7 Å². The molecular weight excluding hydrogens is 358 g/mol. The van der Waals surface area contributed by atoms with Crippen LogP contribution in [-0.2, 0) is 22.4 Å². The van der Waals surface area contributed by atoms with E-state index in [0.717, 1.165) is 11.1 Å². The highest BCUT2D eigenvalue weighted by Crippen LogP contribution is 2.35. The summed E-state index contributed by atoms with van der Waals surface area (Å²) >= 11 is 0. The Labute approximate surface area is 162 Å². The standard InChI is InChI=1S/C22H21NO5/c1-22(2,27)18-11-14-4-3-12(10-17(14)28-18)9-16-19(21(26)23-20(16)25)13-5-7-15(24)8-6-13/h3-8,10,18,24,27H,9,11H2,1-2H3,(H,23,25,26). The molecule has 1 unspecified atom stereocenters. The van der Waals surface area contributed by atoms with Crippen molar-refractivity contribution >= 4 is 17.4 Å². The van der Waals surface area contributed by atoms with Crippen molar-refractivity contribution in [3.8, 4) is 11.5 Å². The molecule has 28 heavy (non-hydrogen) atoms. The summed E-state index contributed by atoms with van der Waals surface area (Å²) < 4.78 is 5.89. The van der Waals surface area contributed by atoms with Gasteiger partial charge in [-0.25, -0.2) is 0 Å². The number of carbonyl (C=O) groups is 2. The normalized spacial score (nSPS) is 18.9. The lowest BCUT2D eigenvalue weighted by Crippen LogP contribution is -2.39. The second-order valence-electron chi connectivity index (χ2n) is 7.77. The van der Waals surface area contributed by atoms with Gasteiger partial charge in [0, 0.05) is 18.4 Å². The smallest absolute Gasteiger partial charge is 0.259 e. The molecule has 0 spiro atoms. The van der Waals surface area contributed by atoms with Crippen LogP contribution in [0.25, 0.3) is 5.57 Å². The molecule has 0 saturated heterocycles. The summed E-state index contributed by atoms with van der Waals surface area (Å²) in [5.74, 6) is -0.0667. The van der Waals surface area contributed by atoms with Crippen molar-refractivity contribution in [3.05, 3.63) is 64.7 Å². The van der Waals surface area contributed by atoms with Crippen LogP contribution in [0.4, 0.5) is 0 Å². The molecule has 2 aliphatic heterocycles. The van der Waals surface area contributed by atoms with Gasteiger partial charge in [-0.2, -0.15) is 0 Å².